The molecule has 2 N–H and O–H groups in total. The van der Waals surface area contributed by atoms with Crippen LogP contribution in [0.4, 0.5) is 5.69 Å². The molecular formula is C14H18N2O4. The molecule has 1 heterocycles. The first-order valence-corrected chi connectivity index (χ1v) is 6.48. The Balaban J connectivity index is 1.96. The second-order valence-corrected chi connectivity index (χ2v) is 4.71. The maximum Gasteiger partial charge on any atom is 0.227 e. The van der Waals surface area contributed by atoms with Crippen LogP contribution < -0.4 is 10.2 Å². The van der Waals surface area contributed by atoms with E-state index < -0.39 is 0 Å². The van der Waals surface area contributed by atoms with Gasteiger partial charge in [-0.1, -0.05) is 0 Å². The highest BCUT2D eigenvalue weighted by Gasteiger charge is 2.34. The van der Waals surface area contributed by atoms with Crippen LogP contribution in [0, 0.1) is 5.92 Å². The Bertz CT molecular complexity index is 486. The normalized spacial score (nSPS) is 18.4. The summed E-state index contributed by atoms with van der Waals surface area (Å²) in [6.45, 7) is 1.26. The van der Waals surface area contributed by atoms with Crippen molar-refractivity contribution in [2.75, 3.05) is 31.7 Å². The van der Waals surface area contributed by atoms with Crippen LogP contribution >= 0.6 is 0 Å². The Labute approximate surface area is 117 Å². The maximum atomic E-state index is 12.0. The molecule has 2 rings (SSSR count). The molecule has 2 amide bonds. The summed E-state index contributed by atoms with van der Waals surface area (Å²) >= 11 is 0. The zero-order chi connectivity index (χ0) is 14.5. The molecule has 0 bridgehead atoms. The van der Waals surface area contributed by atoms with E-state index >= 15 is 0 Å². The first kappa shape index (κ1) is 14.3. The standard InChI is InChI=1S/C14H18N2O4/c1-20-7-6-15-14(19)10-8-13(18)16(9-10)11-2-4-12(17)5-3-11/h2-5,10,17H,6-9H2,1H3,(H,15,19). The van der Waals surface area contributed by atoms with Crippen LogP contribution in [0.3, 0.4) is 0 Å². The topological polar surface area (TPSA) is 78.9 Å². The van der Waals surface area contributed by atoms with Gasteiger partial charge in [0.15, 0.2) is 0 Å². The third-order valence-electron chi connectivity index (χ3n) is 3.26. The zero-order valence-corrected chi connectivity index (χ0v) is 11.3. The molecule has 0 aliphatic carbocycles. The van der Waals surface area contributed by atoms with Crippen molar-refractivity contribution in [1.29, 1.82) is 0 Å². The predicted octanol–water partition coefficient (Wildman–Crippen LogP) is 0.508. The predicted molar refractivity (Wildman–Crippen MR) is 73.5 cm³/mol. The first-order chi connectivity index (χ1) is 9.61. The Morgan fingerprint density at radius 2 is 2.15 bits per heavy atom. The molecule has 1 aliphatic heterocycles. The molecule has 0 spiro atoms. The molecule has 20 heavy (non-hydrogen) atoms. The number of methoxy groups -OCH3 is 1. The molecule has 1 atom stereocenters. The van der Waals surface area contributed by atoms with Gasteiger partial charge in [-0.15, -0.1) is 0 Å². The molecule has 6 nitrogen and oxygen atoms in total. The number of phenolic OH excluding ortho intramolecular Hbond substituents is 1. The fourth-order valence-electron chi connectivity index (χ4n) is 2.19. The molecule has 0 radical (unpaired) electrons. The van der Waals surface area contributed by atoms with Crippen molar-refractivity contribution in [1.82, 2.24) is 5.32 Å². The second-order valence-electron chi connectivity index (χ2n) is 4.71. The maximum absolute atomic E-state index is 12.0. The molecule has 1 aromatic rings. The van der Waals surface area contributed by atoms with Gasteiger partial charge in [-0.25, -0.2) is 0 Å². The number of ether oxygens (including phenoxy) is 1. The number of phenols is 1. The monoisotopic (exact) mass is 278 g/mol. The van der Waals surface area contributed by atoms with Crippen molar-refractivity contribution in [2.24, 2.45) is 5.92 Å². The van der Waals surface area contributed by atoms with E-state index in [2.05, 4.69) is 5.32 Å². The number of hydrogen-bond donors (Lipinski definition) is 2. The number of aromatic hydroxyl groups is 1. The summed E-state index contributed by atoms with van der Waals surface area (Å²) in [5.74, 6) is -0.401. The summed E-state index contributed by atoms with van der Waals surface area (Å²) in [7, 11) is 1.57. The van der Waals surface area contributed by atoms with Crippen LogP contribution in [0.1, 0.15) is 6.42 Å². The molecule has 0 saturated carbocycles. The van der Waals surface area contributed by atoms with Crippen LogP contribution in [-0.2, 0) is 14.3 Å². The van der Waals surface area contributed by atoms with Crippen LogP contribution in [0.2, 0.25) is 0 Å². The Morgan fingerprint density at radius 3 is 2.80 bits per heavy atom. The van der Waals surface area contributed by atoms with Gasteiger partial charge in [-0.3, -0.25) is 9.59 Å². The zero-order valence-electron chi connectivity index (χ0n) is 11.3. The van der Waals surface area contributed by atoms with Gasteiger partial charge >= 0.3 is 0 Å². The number of rotatable bonds is 5. The van der Waals surface area contributed by atoms with Crippen molar-refractivity contribution < 1.29 is 19.4 Å². The molecule has 1 aromatic carbocycles. The third-order valence-corrected chi connectivity index (χ3v) is 3.26. The van der Waals surface area contributed by atoms with Gasteiger partial charge in [0.1, 0.15) is 5.75 Å². The van der Waals surface area contributed by atoms with E-state index in [0.29, 0.717) is 25.4 Å². The molecule has 0 aromatic heterocycles. The van der Waals surface area contributed by atoms with E-state index in [1.807, 2.05) is 0 Å². The fraction of sp³-hybridized carbons (Fsp3) is 0.429. The number of hydrogen-bond acceptors (Lipinski definition) is 4. The van der Waals surface area contributed by atoms with Crippen LogP contribution in [0.5, 0.6) is 5.75 Å². The minimum absolute atomic E-state index is 0.0809. The van der Waals surface area contributed by atoms with Crippen molar-refractivity contribution in [2.45, 2.75) is 6.42 Å². The summed E-state index contributed by atoms with van der Waals surface area (Å²) < 4.78 is 4.86. The van der Waals surface area contributed by atoms with Crippen molar-refractivity contribution in [3.8, 4) is 5.75 Å². The highest BCUT2D eigenvalue weighted by atomic mass is 16.5. The lowest BCUT2D eigenvalue weighted by Gasteiger charge is -2.16. The number of benzene rings is 1. The minimum atomic E-state index is -0.340. The highest BCUT2D eigenvalue weighted by Crippen LogP contribution is 2.26. The summed E-state index contributed by atoms with van der Waals surface area (Å²) in [6, 6.07) is 6.38. The molecule has 1 unspecified atom stereocenters. The van der Waals surface area contributed by atoms with Gasteiger partial charge in [0, 0.05) is 32.3 Å². The summed E-state index contributed by atoms with van der Waals surface area (Å²) in [4.78, 5) is 25.4. The van der Waals surface area contributed by atoms with Crippen molar-refractivity contribution in [3.63, 3.8) is 0 Å². The van der Waals surface area contributed by atoms with Crippen molar-refractivity contribution in [3.05, 3.63) is 24.3 Å². The molecule has 1 saturated heterocycles. The Hall–Kier alpha value is -2.08. The van der Waals surface area contributed by atoms with Gasteiger partial charge in [0.2, 0.25) is 11.8 Å². The highest BCUT2D eigenvalue weighted by molar-refractivity contribution is 6.00. The van der Waals surface area contributed by atoms with Gasteiger partial charge < -0.3 is 20.1 Å². The third kappa shape index (κ3) is 3.27. The summed E-state index contributed by atoms with van der Waals surface area (Å²) in [5, 5.41) is 12.0. The molecule has 1 fully saturated rings. The Morgan fingerprint density at radius 1 is 1.45 bits per heavy atom. The molecule has 108 valence electrons. The number of carbonyl (C=O) groups is 2. The van der Waals surface area contributed by atoms with E-state index in [1.165, 1.54) is 12.1 Å². The van der Waals surface area contributed by atoms with Crippen LogP contribution in [-0.4, -0.2) is 43.7 Å². The van der Waals surface area contributed by atoms with Crippen molar-refractivity contribution >= 4 is 17.5 Å². The largest absolute Gasteiger partial charge is 0.508 e. The minimum Gasteiger partial charge on any atom is -0.508 e. The first-order valence-electron chi connectivity index (χ1n) is 6.48. The van der Waals surface area contributed by atoms with Gasteiger partial charge in [0.25, 0.3) is 0 Å². The molecule has 1 aliphatic rings. The SMILES string of the molecule is COCCNC(=O)C1CC(=O)N(c2ccc(O)cc2)C1. The average molecular weight is 278 g/mol. The number of anilines is 1. The van der Waals surface area contributed by atoms with Crippen LogP contribution in [0.25, 0.3) is 0 Å². The van der Waals surface area contributed by atoms with Gasteiger partial charge in [-0.2, -0.15) is 0 Å². The molecular weight excluding hydrogens is 260 g/mol. The average Bonchev–Trinajstić information content (AvgIpc) is 2.82. The number of carbonyl (C=O) groups excluding carboxylic acids is 2. The van der Waals surface area contributed by atoms with E-state index in [0.717, 1.165) is 0 Å². The van der Waals surface area contributed by atoms with Gasteiger partial charge in [-0.05, 0) is 24.3 Å². The fourth-order valence-corrected chi connectivity index (χ4v) is 2.19. The number of nitrogens with zero attached hydrogens (tertiary/aromatic N) is 1. The van der Waals surface area contributed by atoms with Crippen LogP contribution in [0.15, 0.2) is 24.3 Å². The van der Waals surface area contributed by atoms with E-state index in [-0.39, 0.29) is 29.9 Å². The molecule has 6 heteroatoms. The summed E-state index contributed by atoms with van der Waals surface area (Å²) in [5.41, 5.74) is 0.694. The lowest BCUT2D eigenvalue weighted by atomic mass is 10.1. The summed E-state index contributed by atoms with van der Waals surface area (Å²) in [6.07, 6.45) is 0.208. The number of nitrogens with one attached hydrogen (secondary N) is 1. The van der Waals surface area contributed by atoms with E-state index in [4.69, 9.17) is 4.74 Å². The quantitative estimate of drug-likeness (QED) is 0.769. The lowest BCUT2D eigenvalue weighted by molar-refractivity contribution is -0.126. The van der Waals surface area contributed by atoms with Gasteiger partial charge in [0.05, 0.1) is 12.5 Å². The second kappa shape index (κ2) is 6.38. The number of amides is 2. The van der Waals surface area contributed by atoms with E-state index in [9.17, 15) is 14.7 Å². The van der Waals surface area contributed by atoms with E-state index in [1.54, 1.807) is 24.1 Å². The Kier molecular flexibility index (Phi) is 4.57. The smallest absolute Gasteiger partial charge is 0.227 e. The lowest BCUT2D eigenvalue weighted by Crippen LogP contribution is -2.34.